The van der Waals surface area contributed by atoms with Gasteiger partial charge in [-0.05, 0) is 31.7 Å². The van der Waals surface area contributed by atoms with Crippen LogP contribution in [0.4, 0.5) is 16.9 Å². The number of H-pyrrole nitrogens is 1. The lowest BCUT2D eigenvalue weighted by Crippen LogP contribution is -2.27. The Hall–Kier alpha value is -2.48. The molecule has 1 aliphatic heterocycles. The Morgan fingerprint density at radius 1 is 1.36 bits per heavy atom. The molecule has 0 saturated heterocycles. The highest BCUT2D eigenvalue weighted by Gasteiger charge is 2.30. The van der Waals surface area contributed by atoms with Crippen molar-refractivity contribution in [1.29, 1.82) is 0 Å². The van der Waals surface area contributed by atoms with E-state index in [4.69, 9.17) is 4.98 Å². The lowest BCUT2D eigenvalue weighted by Gasteiger charge is -2.21. The number of rotatable bonds is 4. The van der Waals surface area contributed by atoms with Gasteiger partial charge < -0.3 is 10.2 Å². The van der Waals surface area contributed by atoms with Gasteiger partial charge in [0.1, 0.15) is 0 Å². The summed E-state index contributed by atoms with van der Waals surface area (Å²) < 4.78 is 0. The van der Waals surface area contributed by atoms with E-state index in [2.05, 4.69) is 30.4 Å². The molecule has 1 saturated carbocycles. The summed E-state index contributed by atoms with van der Waals surface area (Å²) >= 11 is 1.68. The molecule has 2 aliphatic rings. The van der Waals surface area contributed by atoms with Crippen molar-refractivity contribution in [2.75, 3.05) is 23.3 Å². The molecule has 0 amide bonds. The van der Waals surface area contributed by atoms with Crippen LogP contribution in [-0.2, 0) is 6.42 Å². The third-order valence-corrected chi connectivity index (χ3v) is 5.70. The molecular weight excluding hydrogens is 334 g/mol. The molecule has 0 spiro atoms. The summed E-state index contributed by atoms with van der Waals surface area (Å²) in [5.74, 6) is 2.46. The second kappa shape index (κ2) is 5.80. The van der Waals surface area contributed by atoms with Crippen molar-refractivity contribution < 1.29 is 0 Å². The molecule has 0 bridgehead atoms. The average molecular weight is 353 g/mol. The maximum absolute atomic E-state index is 4.82. The van der Waals surface area contributed by atoms with Crippen LogP contribution in [0.15, 0.2) is 18.5 Å². The Kier molecular flexibility index (Phi) is 3.44. The molecule has 4 heterocycles. The first-order valence-corrected chi connectivity index (χ1v) is 9.43. The maximum atomic E-state index is 4.82. The fourth-order valence-electron chi connectivity index (χ4n) is 3.22. The summed E-state index contributed by atoms with van der Waals surface area (Å²) in [4.78, 5) is 17.2. The molecule has 0 radical (unpaired) electrons. The van der Waals surface area contributed by atoms with Crippen LogP contribution in [0.2, 0.25) is 0 Å². The van der Waals surface area contributed by atoms with Gasteiger partial charge in [-0.15, -0.1) is 11.3 Å². The number of hydrogen-bond acceptors (Lipinski definition) is 7. The van der Waals surface area contributed by atoms with E-state index in [0.717, 1.165) is 53.3 Å². The standard InChI is InChI=1S/C17H19N7S/c1-10-4-6-18-16(20-10)22-17-21-14-12-8-19-23-15(12)24(9-11-2-3-11)7-5-13(14)25-17/h4,6,8,11H,2-3,5,7,9H2,1H3,(H,19,23)(H,18,20,21,22). The second-order valence-corrected chi connectivity index (χ2v) is 7.78. The fraction of sp³-hybridized carbons (Fsp3) is 0.412. The van der Waals surface area contributed by atoms with Crippen LogP contribution in [-0.4, -0.2) is 38.2 Å². The summed E-state index contributed by atoms with van der Waals surface area (Å²) in [6.45, 7) is 4.05. The van der Waals surface area contributed by atoms with E-state index in [0.29, 0.717) is 5.95 Å². The van der Waals surface area contributed by atoms with Gasteiger partial charge in [-0.3, -0.25) is 5.10 Å². The minimum atomic E-state index is 0.590. The Bertz CT molecular complexity index is 911. The molecule has 7 nitrogen and oxygen atoms in total. The van der Waals surface area contributed by atoms with Gasteiger partial charge in [-0.1, -0.05) is 0 Å². The van der Waals surface area contributed by atoms with E-state index in [9.17, 15) is 0 Å². The lowest BCUT2D eigenvalue weighted by molar-refractivity contribution is 0.712. The minimum Gasteiger partial charge on any atom is -0.354 e. The largest absolute Gasteiger partial charge is 0.354 e. The van der Waals surface area contributed by atoms with Gasteiger partial charge in [0.25, 0.3) is 0 Å². The number of anilines is 3. The van der Waals surface area contributed by atoms with Gasteiger partial charge in [-0.25, -0.2) is 15.0 Å². The topological polar surface area (TPSA) is 82.6 Å². The lowest BCUT2D eigenvalue weighted by atomic mass is 10.2. The van der Waals surface area contributed by atoms with Crippen LogP contribution in [0, 0.1) is 12.8 Å². The minimum absolute atomic E-state index is 0.590. The Labute approximate surface area is 149 Å². The summed E-state index contributed by atoms with van der Waals surface area (Å²) in [5.41, 5.74) is 3.06. The van der Waals surface area contributed by atoms with Crippen LogP contribution < -0.4 is 10.2 Å². The van der Waals surface area contributed by atoms with Gasteiger partial charge in [0, 0.05) is 42.5 Å². The van der Waals surface area contributed by atoms with Crippen LogP contribution in [0.25, 0.3) is 11.3 Å². The molecular formula is C17H19N7S. The van der Waals surface area contributed by atoms with Crippen molar-refractivity contribution in [3.63, 3.8) is 0 Å². The Morgan fingerprint density at radius 3 is 3.12 bits per heavy atom. The number of nitrogens with zero attached hydrogens (tertiary/aromatic N) is 5. The van der Waals surface area contributed by atoms with Gasteiger partial charge in [-0.2, -0.15) is 5.10 Å². The Balaban J connectivity index is 1.46. The highest BCUT2D eigenvalue weighted by molar-refractivity contribution is 7.16. The van der Waals surface area contributed by atoms with E-state index in [1.807, 2.05) is 19.2 Å². The number of fused-ring (bicyclic) bond motifs is 3. The van der Waals surface area contributed by atoms with Crippen LogP contribution >= 0.6 is 11.3 Å². The van der Waals surface area contributed by atoms with Crippen LogP contribution in [0.1, 0.15) is 23.4 Å². The maximum Gasteiger partial charge on any atom is 0.229 e. The van der Waals surface area contributed by atoms with Crippen molar-refractivity contribution in [2.24, 2.45) is 5.92 Å². The summed E-state index contributed by atoms with van der Waals surface area (Å²) in [7, 11) is 0. The number of thiazole rings is 1. The van der Waals surface area contributed by atoms with E-state index < -0.39 is 0 Å². The molecule has 5 rings (SSSR count). The summed E-state index contributed by atoms with van der Waals surface area (Å²) in [6.07, 6.45) is 7.41. The number of nitrogens with one attached hydrogen (secondary N) is 2. The molecule has 0 atom stereocenters. The third kappa shape index (κ3) is 2.86. The molecule has 3 aromatic heterocycles. The predicted molar refractivity (Wildman–Crippen MR) is 98.4 cm³/mol. The van der Waals surface area contributed by atoms with E-state index >= 15 is 0 Å². The SMILES string of the molecule is Cc1ccnc(Nc2nc3c(s2)CCN(CC2CC2)c2n[nH]cc2-3)n1. The van der Waals surface area contributed by atoms with Crippen molar-refractivity contribution in [3.05, 3.63) is 29.0 Å². The smallest absolute Gasteiger partial charge is 0.229 e. The van der Waals surface area contributed by atoms with Gasteiger partial charge >= 0.3 is 0 Å². The molecule has 0 unspecified atom stereocenters. The van der Waals surface area contributed by atoms with Crippen LogP contribution in [0.5, 0.6) is 0 Å². The fourth-order valence-corrected chi connectivity index (χ4v) is 4.18. The number of aromatic nitrogens is 5. The first-order valence-electron chi connectivity index (χ1n) is 8.62. The second-order valence-electron chi connectivity index (χ2n) is 6.70. The zero-order valence-electron chi connectivity index (χ0n) is 14.0. The first kappa shape index (κ1) is 14.8. The average Bonchev–Trinajstić information content (AvgIpc) is 3.16. The molecule has 1 aliphatic carbocycles. The van der Waals surface area contributed by atoms with E-state index in [1.165, 1.54) is 17.7 Å². The number of aromatic amines is 1. The molecule has 25 heavy (non-hydrogen) atoms. The zero-order valence-corrected chi connectivity index (χ0v) is 14.8. The molecule has 0 aromatic carbocycles. The molecule has 128 valence electrons. The van der Waals surface area contributed by atoms with Gasteiger partial charge in [0.2, 0.25) is 5.95 Å². The Morgan fingerprint density at radius 2 is 2.28 bits per heavy atom. The van der Waals surface area contributed by atoms with Crippen molar-refractivity contribution in [3.8, 4) is 11.3 Å². The third-order valence-electron chi connectivity index (χ3n) is 4.67. The molecule has 1 fully saturated rings. The van der Waals surface area contributed by atoms with Crippen molar-refractivity contribution in [2.45, 2.75) is 26.2 Å². The molecule has 8 heteroatoms. The van der Waals surface area contributed by atoms with Gasteiger partial charge in [0.05, 0.1) is 11.3 Å². The number of hydrogen-bond donors (Lipinski definition) is 2. The highest BCUT2D eigenvalue weighted by atomic mass is 32.1. The van der Waals surface area contributed by atoms with Crippen molar-refractivity contribution in [1.82, 2.24) is 25.1 Å². The van der Waals surface area contributed by atoms with Crippen LogP contribution in [0.3, 0.4) is 0 Å². The molecule has 3 aromatic rings. The van der Waals surface area contributed by atoms with Crippen molar-refractivity contribution >= 4 is 28.2 Å². The number of aryl methyl sites for hydroxylation is 1. The van der Waals surface area contributed by atoms with E-state index in [-0.39, 0.29) is 0 Å². The monoisotopic (exact) mass is 353 g/mol. The summed E-state index contributed by atoms with van der Waals surface area (Å²) in [6, 6.07) is 1.88. The normalized spacial score (nSPS) is 16.3. The quantitative estimate of drug-likeness (QED) is 0.750. The summed E-state index contributed by atoms with van der Waals surface area (Å²) in [5, 5.41) is 11.6. The van der Waals surface area contributed by atoms with Gasteiger partial charge in [0.15, 0.2) is 10.9 Å². The zero-order chi connectivity index (χ0) is 16.8. The first-order chi connectivity index (χ1) is 12.3. The highest BCUT2D eigenvalue weighted by Crippen LogP contribution is 2.40. The molecule has 2 N–H and O–H groups in total. The van der Waals surface area contributed by atoms with E-state index in [1.54, 1.807) is 17.5 Å². The predicted octanol–water partition coefficient (Wildman–Crippen LogP) is 3.15.